The molecule has 1 heterocycles. The van der Waals surface area contributed by atoms with Crippen LogP contribution >= 0.6 is 8.58 Å². The van der Waals surface area contributed by atoms with Gasteiger partial charge in [0.25, 0.3) is 0 Å². The molecule has 0 spiro atoms. The van der Waals surface area contributed by atoms with Crippen LogP contribution in [0, 0.1) is 6.92 Å². The van der Waals surface area contributed by atoms with E-state index in [9.17, 15) is 4.39 Å². The normalized spacial score (nSPS) is 13.9. The summed E-state index contributed by atoms with van der Waals surface area (Å²) in [6.45, 7) is 3.54. The Balaban J connectivity index is 3.01. The minimum Gasteiger partial charge on any atom is -0.382 e. The molecular formula is C7H11FN3P. The van der Waals surface area contributed by atoms with E-state index in [4.69, 9.17) is 5.73 Å². The minimum absolute atomic E-state index is 0.153. The van der Waals surface area contributed by atoms with E-state index in [0.29, 0.717) is 5.69 Å². The highest BCUT2D eigenvalue weighted by Crippen LogP contribution is 2.33. The lowest BCUT2D eigenvalue weighted by atomic mass is 10.4. The van der Waals surface area contributed by atoms with Gasteiger partial charge in [-0.25, -0.2) is 9.37 Å². The van der Waals surface area contributed by atoms with Crippen LogP contribution in [-0.2, 0) is 0 Å². The zero-order valence-corrected chi connectivity index (χ0v) is 8.00. The van der Waals surface area contributed by atoms with Gasteiger partial charge >= 0.3 is 0 Å². The van der Waals surface area contributed by atoms with Gasteiger partial charge < -0.3 is 5.73 Å². The minimum atomic E-state index is -1.07. The van der Waals surface area contributed by atoms with Crippen LogP contribution in [0.4, 0.5) is 10.2 Å². The number of nitrogen functional groups attached to an aromatic ring is 1. The Bertz CT molecular complexity index is 279. The molecule has 1 aromatic heterocycles. The zero-order chi connectivity index (χ0) is 9.14. The van der Waals surface area contributed by atoms with Gasteiger partial charge in [-0.15, -0.1) is 0 Å². The summed E-state index contributed by atoms with van der Waals surface area (Å²) in [6, 6.07) is 0. The van der Waals surface area contributed by atoms with Crippen molar-refractivity contribution in [2.75, 3.05) is 12.4 Å². The maximum Gasteiger partial charge on any atom is 0.161 e. The Kier molecular flexibility index (Phi) is 2.93. The molecule has 1 rings (SSSR count). The van der Waals surface area contributed by atoms with E-state index in [-0.39, 0.29) is 20.1 Å². The third kappa shape index (κ3) is 1.89. The van der Waals surface area contributed by atoms with Crippen molar-refractivity contribution in [2.45, 2.75) is 12.8 Å². The molecule has 66 valence electrons. The highest BCUT2D eigenvalue weighted by Gasteiger charge is 2.12. The van der Waals surface area contributed by atoms with Crippen LogP contribution in [0.5, 0.6) is 0 Å². The number of nitrogens with two attached hydrogens (primary N) is 1. The van der Waals surface area contributed by atoms with Crippen LogP contribution in [0.25, 0.3) is 0 Å². The van der Waals surface area contributed by atoms with Gasteiger partial charge in [-0.3, -0.25) is 4.98 Å². The summed E-state index contributed by atoms with van der Waals surface area (Å²) in [6.07, 6.45) is 1.53. The predicted octanol–water partition coefficient (Wildman–Crippen LogP) is 1.64. The number of nitrogens with zero attached hydrogens (tertiary/aromatic N) is 2. The largest absolute Gasteiger partial charge is 0.382 e. The number of hydrogen-bond donors (Lipinski definition) is 1. The first-order valence-electron chi connectivity index (χ1n) is 3.55. The van der Waals surface area contributed by atoms with E-state index in [1.165, 1.54) is 6.20 Å². The number of anilines is 1. The molecule has 3 nitrogen and oxygen atoms in total. The first-order valence-corrected chi connectivity index (χ1v) is 5.13. The van der Waals surface area contributed by atoms with E-state index in [1.54, 1.807) is 13.6 Å². The molecule has 2 atom stereocenters. The van der Waals surface area contributed by atoms with Crippen LogP contribution in [0.15, 0.2) is 6.20 Å². The van der Waals surface area contributed by atoms with E-state index >= 15 is 0 Å². The van der Waals surface area contributed by atoms with Crippen molar-refractivity contribution in [3.05, 3.63) is 17.6 Å². The summed E-state index contributed by atoms with van der Waals surface area (Å²) in [5.74, 6) is -0.866. The summed E-state index contributed by atoms with van der Waals surface area (Å²) in [7, 11) is 0.153. The molecule has 0 aromatic carbocycles. The zero-order valence-electron chi connectivity index (χ0n) is 7.00. The van der Waals surface area contributed by atoms with Gasteiger partial charge in [-0.05, 0) is 13.6 Å². The lowest BCUT2D eigenvalue weighted by molar-refractivity contribution is 0.457. The van der Waals surface area contributed by atoms with Crippen LogP contribution in [0.3, 0.4) is 0 Å². The fourth-order valence-electron chi connectivity index (χ4n) is 0.837. The van der Waals surface area contributed by atoms with E-state index < -0.39 is 5.91 Å². The van der Waals surface area contributed by atoms with Gasteiger partial charge in [-0.1, -0.05) is 8.58 Å². The third-order valence-corrected chi connectivity index (χ3v) is 2.22. The smallest absolute Gasteiger partial charge is 0.161 e. The standard InChI is InChI=1S/C7H11FN3P/c1-4-3-10-5(6(8)12-2)7(9)11-4/h3,6,12H,1-2H3,(H2,9,11). The second kappa shape index (κ2) is 3.76. The number of alkyl halides is 1. The van der Waals surface area contributed by atoms with Crippen molar-refractivity contribution < 1.29 is 4.39 Å². The Morgan fingerprint density at radius 2 is 2.33 bits per heavy atom. The molecule has 5 heteroatoms. The van der Waals surface area contributed by atoms with Gasteiger partial charge in [0.05, 0.1) is 5.69 Å². The van der Waals surface area contributed by atoms with Gasteiger partial charge in [0, 0.05) is 6.20 Å². The van der Waals surface area contributed by atoms with Crippen LogP contribution < -0.4 is 5.73 Å². The number of halogens is 1. The van der Waals surface area contributed by atoms with Crippen molar-refractivity contribution in [3.8, 4) is 0 Å². The van der Waals surface area contributed by atoms with Gasteiger partial charge in [0.1, 0.15) is 11.5 Å². The molecular weight excluding hydrogens is 176 g/mol. The van der Waals surface area contributed by atoms with E-state index in [2.05, 4.69) is 9.97 Å². The summed E-state index contributed by atoms with van der Waals surface area (Å²) in [5, 5.41) is 0. The third-order valence-electron chi connectivity index (χ3n) is 1.44. The summed E-state index contributed by atoms with van der Waals surface area (Å²) in [4.78, 5) is 7.82. The van der Waals surface area contributed by atoms with E-state index in [1.807, 2.05) is 0 Å². The topological polar surface area (TPSA) is 51.8 Å². The molecule has 0 fully saturated rings. The Hall–Kier alpha value is -0.760. The van der Waals surface area contributed by atoms with Gasteiger partial charge in [-0.2, -0.15) is 0 Å². The molecule has 1 aromatic rings. The molecule has 0 radical (unpaired) electrons. The second-order valence-corrected chi connectivity index (χ2v) is 3.52. The average Bonchev–Trinajstić information content (AvgIpc) is 2.03. The van der Waals surface area contributed by atoms with Crippen molar-refractivity contribution in [3.63, 3.8) is 0 Å². The molecule has 0 aliphatic carbocycles. The molecule has 0 saturated carbocycles. The molecule has 0 aliphatic rings. The molecule has 0 bridgehead atoms. The maximum atomic E-state index is 13.1. The second-order valence-electron chi connectivity index (χ2n) is 2.43. The SMILES string of the molecule is CPC(F)c1ncc(C)nc1N. The van der Waals surface area contributed by atoms with Crippen molar-refractivity contribution >= 4 is 14.4 Å². The lowest BCUT2D eigenvalue weighted by Gasteiger charge is -2.06. The highest BCUT2D eigenvalue weighted by atomic mass is 31.1. The first kappa shape index (κ1) is 9.33. The van der Waals surface area contributed by atoms with Gasteiger partial charge in [0.2, 0.25) is 0 Å². The van der Waals surface area contributed by atoms with E-state index in [0.717, 1.165) is 0 Å². The van der Waals surface area contributed by atoms with Crippen molar-refractivity contribution in [1.29, 1.82) is 0 Å². The number of rotatable bonds is 2. The fraction of sp³-hybridized carbons (Fsp3) is 0.429. The van der Waals surface area contributed by atoms with Gasteiger partial charge in [0.15, 0.2) is 5.91 Å². The van der Waals surface area contributed by atoms with Crippen LogP contribution in [-0.4, -0.2) is 16.6 Å². The quantitative estimate of drug-likeness (QED) is 0.716. The number of aromatic nitrogens is 2. The number of aryl methyl sites for hydroxylation is 1. The monoisotopic (exact) mass is 187 g/mol. The summed E-state index contributed by atoms with van der Waals surface area (Å²) < 4.78 is 13.1. The molecule has 0 saturated heterocycles. The van der Waals surface area contributed by atoms with Crippen molar-refractivity contribution in [1.82, 2.24) is 9.97 Å². The summed E-state index contributed by atoms with van der Waals surface area (Å²) >= 11 is 0. The Morgan fingerprint density at radius 1 is 1.67 bits per heavy atom. The molecule has 12 heavy (non-hydrogen) atoms. The molecule has 0 amide bonds. The first-order chi connectivity index (χ1) is 5.65. The fourth-order valence-corrected chi connectivity index (χ4v) is 1.33. The number of hydrogen-bond acceptors (Lipinski definition) is 3. The average molecular weight is 187 g/mol. The predicted molar refractivity (Wildman–Crippen MR) is 49.3 cm³/mol. The Labute approximate surface area is 72.4 Å². The highest BCUT2D eigenvalue weighted by molar-refractivity contribution is 7.37. The molecule has 0 aliphatic heterocycles. The molecule has 2 N–H and O–H groups in total. The van der Waals surface area contributed by atoms with Crippen LogP contribution in [0.1, 0.15) is 17.3 Å². The van der Waals surface area contributed by atoms with Crippen molar-refractivity contribution in [2.24, 2.45) is 0 Å². The Morgan fingerprint density at radius 3 is 2.83 bits per heavy atom. The summed E-state index contributed by atoms with van der Waals surface area (Å²) in [5.41, 5.74) is 6.46. The lowest BCUT2D eigenvalue weighted by Crippen LogP contribution is -2.02. The molecule has 2 unspecified atom stereocenters. The maximum absolute atomic E-state index is 13.1. The van der Waals surface area contributed by atoms with Crippen LogP contribution in [0.2, 0.25) is 0 Å².